The number of amidine groups is 1. The third-order valence-electron chi connectivity index (χ3n) is 5.38. The van der Waals surface area contributed by atoms with Crippen LogP contribution in [0.1, 0.15) is 62.6 Å². The van der Waals surface area contributed by atoms with E-state index in [9.17, 15) is 4.79 Å². The Balaban J connectivity index is 1.44. The lowest BCUT2D eigenvalue weighted by Crippen LogP contribution is -2.25. The van der Waals surface area contributed by atoms with Crippen molar-refractivity contribution < 1.29 is 9.53 Å². The van der Waals surface area contributed by atoms with Crippen LogP contribution in [0.2, 0.25) is 0 Å². The van der Waals surface area contributed by atoms with E-state index < -0.39 is 0 Å². The van der Waals surface area contributed by atoms with Gasteiger partial charge in [0.1, 0.15) is 5.75 Å². The Labute approximate surface area is 195 Å². The Hall–Kier alpha value is -2.60. The zero-order valence-electron chi connectivity index (χ0n) is 19.0. The third kappa shape index (κ3) is 7.83. The summed E-state index contributed by atoms with van der Waals surface area (Å²) >= 11 is 1.43. The van der Waals surface area contributed by atoms with Crippen LogP contribution >= 0.6 is 11.8 Å². The predicted molar refractivity (Wildman–Crippen MR) is 135 cm³/mol. The number of carbonyl (C=O) groups excluding carboxylic acids is 1. The number of thioether (sulfide) groups is 1. The molecule has 0 aliphatic carbocycles. The highest BCUT2D eigenvalue weighted by atomic mass is 32.2. The van der Waals surface area contributed by atoms with Crippen molar-refractivity contribution in [3.8, 4) is 5.75 Å². The van der Waals surface area contributed by atoms with Gasteiger partial charge in [-0.2, -0.15) is 5.10 Å². The number of nitrogens with zero attached hydrogens (tertiary/aromatic N) is 2. The molecule has 3 rings (SSSR count). The molecule has 1 N–H and O–H groups in total. The van der Waals surface area contributed by atoms with Crippen molar-refractivity contribution in [1.29, 1.82) is 0 Å². The first-order valence-electron chi connectivity index (χ1n) is 11.6. The Morgan fingerprint density at radius 1 is 0.969 bits per heavy atom. The van der Waals surface area contributed by atoms with Gasteiger partial charge in [0.15, 0.2) is 5.17 Å². The molecule has 6 heteroatoms. The zero-order valence-corrected chi connectivity index (χ0v) is 19.9. The minimum atomic E-state index is -0.171. The molecule has 32 heavy (non-hydrogen) atoms. The molecule has 1 fully saturated rings. The molecule has 0 spiro atoms. The maximum Gasteiger partial charge on any atom is 0.239 e. The molecule has 0 bridgehead atoms. The number of rotatable bonds is 12. The maximum atomic E-state index is 12.3. The molecule has 0 saturated carbocycles. The smallest absolute Gasteiger partial charge is 0.239 e. The van der Waals surface area contributed by atoms with Gasteiger partial charge in [0.05, 0.1) is 18.1 Å². The van der Waals surface area contributed by atoms with Crippen LogP contribution in [0, 0.1) is 0 Å². The monoisotopic (exact) mass is 451 g/mol. The van der Waals surface area contributed by atoms with Crippen LogP contribution in [0.4, 0.5) is 0 Å². The van der Waals surface area contributed by atoms with Gasteiger partial charge in [-0.1, -0.05) is 75.6 Å². The predicted octanol–water partition coefficient (Wildman–Crippen LogP) is 5.76. The molecule has 2 aromatic rings. The molecule has 1 saturated heterocycles. The van der Waals surface area contributed by atoms with Crippen molar-refractivity contribution in [2.75, 3.05) is 6.61 Å². The number of carbonyl (C=O) groups is 1. The summed E-state index contributed by atoms with van der Waals surface area (Å²) in [5.74, 6) is 0.858. The van der Waals surface area contributed by atoms with Crippen LogP contribution < -0.4 is 10.1 Å². The summed E-state index contributed by atoms with van der Waals surface area (Å²) in [6.07, 6.45) is 9.54. The topological polar surface area (TPSA) is 63.1 Å². The second kappa shape index (κ2) is 13.1. The number of aryl methyl sites for hydroxylation is 1. The average molecular weight is 452 g/mol. The van der Waals surface area contributed by atoms with Gasteiger partial charge in [-0.15, -0.1) is 5.10 Å². The van der Waals surface area contributed by atoms with Gasteiger partial charge in [0, 0.05) is 0 Å². The molecule has 1 atom stereocenters. The first-order chi connectivity index (χ1) is 15.7. The number of hydrogen-bond donors (Lipinski definition) is 1. The normalized spacial score (nSPS) is 17.2. The molecule has 1 heterocycles. The Morgan fingerprint density at radius 2 is 1.69 bits per heavy atom. The molecule has 2 aromatic carbocycles. The van der Waals surface area contributed by atoms with Crippen molar-refractivity contribution in [3.63, 3.8) is 0 Å². The van der Waals surface area contributed by atoms with E-state index in [1.807, 2.05) is 24.3 Å². The second-order valence-electron chi connectivity index (χ2n) is 7.95. The summed E-state index contributed by atoms with van der Waals surface area (Å²) < 4.78 is 5.79. The van der Waals surface area contributed by atoms with Crippen molar-refractivity contribution in [2.45, 2.75) is 64.0 Å². The SMILES string of the molecule is CCCCCCCOc1ccc(C=NN=C2NC(=O)C(Cc3ccc(CC)cc3)S2)cc1. The fraction of sp³-hybridized carbons (Fsp3) is 0.423. The van der Waals surface area contributed by atoms with E-state index in [1.165, 1.54) is 43.0 Å². The lowest BCUT2D eigenvalue weighted by atomic mass is 10.1. The van der Waals surface area contributed by atoms with Crippen LogP contribution in [-0.4, -0.2) is 29.1 Å². The van der Waals surface area contributed by atoms with Gasteiger partial charge in [-0.3, -0.25) is 4.79 Å². The van der Waals surface area contributed by atoms with Gasteiger partial charge in [0.2, 0.25) is 5.91 Å². The fourth-order valence-corrected chi connectivity index (χ4v) is 4.37. The number of ether oxygens (including phenoxy) is 1. The van der Waals surface area contributed by atoms with Crippen molar-refractivity contribution in [3.05, 3.63) is 65.2 Å². The van der Waals surface area contributed by atoms with E-state index in [4.69, 9.17) is 4.74 Å². The minimum absolute atomic E-state index is 0.0142. The fourth-order valence-electron chi connectivity index (χ4n) is 3.41. The molecular formula is C26H33N3O2S. The molecule has 1 aliphatic heterocycles. The molecular weight excluding hydrogens is 418 g/mol. The van der Waals surface area contributed by atoms with E-state index >= 15 is 0 Å². The highest BCUT2D eigenvalue weighted by Crippen LogP contribution is 2.23. The van der Waals surface area contributed by atoms with E-state index in [0.29, 0.717) is 11.6 Å². The van der Waals surface area contributed by atoms with E-state index in [-0.39, 0.29) is 11.2 Å². The van der Waals surface area contributed by atoms with Crippen LogP contribution in [0.15, 0.2) is 58.7 Å². The van der Waals surface area contributed by atoms with E-state index in [2.05, 4.69) is 53.6 Å². The Kier molecular flexibility index (Phi) is 9.82. The summed E-state index contributed by atoms with van der Waals surface area (Å²) in [6, 6.07) is 16.3. The lowest BCUT2D eigenvalue weighted by Gasteiger charge is -2.06. The molecule has 1 aliphatic rings. The van der Waals surface area contributed by atoms with E-state index in [1.54, 1.807) is 6.21 Å². The number of nitrogens with one attached hydrogen (secondary N) is 1. The minimum Gasteiger partial charge on any atom is -0.494 e. The molecule has 5 nitrogen and oxygen atoms in total. The highest BCUT2D eigenvalue weighted by molar-refractivity contribution is 8.15. The first kappa shape index (κ1) is 24.1. The third-order valence-corrected chi connectivity index (χ3v) is 6.45. The van der Waals surface area contributed by atoms with Crippen LogP contribution in [0.25, 0.3) is 0 Å². The van der Waals surface area contributed by atoms with Crippen LogP contribution in [0.5, 0.6) is 5.75 Å². The highest BCUT2D eigenvalue weighted by Gasteiger charge is 2.30. The standard InChI is InChI=1S/C26H33N3O2S/c1-3-5-6-7-8-17-31-23-15-13-22(14-16-23)19-27-29-26-28-25(30)24(32-26)18-21-11-9-20(4-2)10-12-21/h9-16,19,24H,3-8,17-18H2,1-2H3,(H,28,29,30). The maximum absolute atomic E-state index is 12.3. The van der Waals surface area contributed by atoms with Crippen molar-refractivity contribution in [1.82, 2.24) is 5.32 Å². The van der Waals surface area contributed by atoms with Crippen LogP contribution in [0.3, 0.4) is 0 Å². The number of amides is 1. The summed E-state index contributed by atoms with van der Waals surface area (Å²) in [6.45, 7) is 5.11. The Bertz CT molecular complexity index is 908. The van der Waals surface area contributed by atoms with Gasteiger partial charge < -0.3 is 10.1 Å². The summed E-state index contributed by atoms with van der Waals surface area (Å²) in [5, 5.41) is 11.5. The van der Waals surface area contributed by atoms with Gasteiger partial charge in [-0.25, -0.2) is 0 Å². The summed E-state index contributed by atoms with van der Waals surface area (Å²) in [4.78, 5) is 12.3. The molecule has 1 unspecified atom stereocenters. The largest absolute Gasteiger partial charge is 0.494 e. The quantitative estimate of drug-likeness (QED) is 0.253. The first-order valence-corrected chi connectivity index (χ1v) is 12.4. The Morgan fingerprint density at radius 3 is 2.41 bits per heavy atom. The number of benzene rings is 2. The second-order valence-corrected chi connectivity index (χ2v) is 9.14. The lowest BCUT2D eigenvalue weighted by molar-refractivity contribution is -0.118. The molecule has 0 aromatic heterocycles. The average Bonchev–Trinajstić information content (AvgIpc) is 3.16. The van der Waals surface area contributed by atoms with Crippen LogP contribution in [-0.2, 0) is 17.6 Å². The van der Waals surface area contributed by atoms with E-state index in [0.717, 1.165) is 36.3 Å². The van der Waals surface area contributed by atoms with Crippen molar-refractivity contribution >= 4 is 29.1 Å². The number of unbranched alkanes of at least 4 members (excludes halogenated alkanes) is 4. The van der Waals surface area contributed by atoms with Gasteiger partial charge in [0.25, 0.3) is 0 Å². The molecule has 170 valence electrons. The zero-order chi connectivity index (χ0) is 22.6. The summed E-state index contributed by atoms with van der Waals surface area (Å²) in [5.41, 5.74) is 3.39. The van der Waals surface area contributed by atoms with Gasteiger partial charge in [-0.05, 0) is 60.2 Å². The number of hydrogen-bond acceptors (Lipinski definition) is 5. The molecule has 1 amide bonds. The van der Waals surface area contributed by atoms with Crippen molar-refractivity contribution in [2.24, 2.45) is 10.2 Å². The molecule has 0 radical (unpaired) electrons. The van der Waals surface area contributed by atoms with Gasteiger partial charge >= 0.3 is 0 Å². The summed E-state index contributed by atoms with van der Waals surface area (Å²) in [7, 11) is 0.